The number of aromatic amines is 1. The highest BCUT2D eigenvalue weighted by Crippen LogP contribution is 2.41. The van der Waals surface area contributed by atoms with Gasteiger partial charge in [-0.05, 0) is 53.4 Å². The smallest absolute Gasteiger partial charge is 0.290 e. The predicted octanol–water partition coefficient (Wildman–Crippen LogP) is 4.94. The lowest BCUT2D eigenvalue weighted by Crippen LogP contribution is -2.33. The second kappa shape index (κ2) is 10.9. The molecule has 200 valence electrons. The van der Waals surface area contributed by atoms with Crippen molar-refractivity contribution in [1.29, 1.82) is 0 Å². The molecule has 0 bridgehead atoms. The van der Waals surface area contributed by atoms with Crippen LogP contribution in [-0.4, -0.2) is 54.6 Å². The summed E-state index contributed by atoms with van der Waals surface area (Å²) in [4.78, 5) is 31.8. The lowest BCUT2D eigenvalue weighted by atomic mass is 9.92. The summed E-state index contributed by atoms with van der Waals surface area (Å²) >= 11 is 0. The number of carbonyl (C=O) groups is 2. The van der Waals surface area contributed by atoms with Crippen molar-refractivity contribution in [1.82, 2.24) is 9.88 Å². The largest absolute Gasteiger partial charge is 0.503 e. The number of hydrogen-bond donors (Lipinski definition) is 2. The van der Waals surface area contributed by atoms with E-state index in [2.05, 4.69) is 4.98 Å². The lowest BCUT2D eigenvalue weighted by molar-refractivity contribution is -0.129. The molecule has 0 spiro atoms. The van der Waals surface area contributed by atoms with Gasteiger partial charge in [0, 0.05) is 30.1 Å². The van der Waals surface area contributed by atoms with Crippen LogP contribution < -0.4 is 14.2 Å². The van der Waals surface area contributed by atoms with E-state index >= 15 is 0 Å². The zero-order valence-electron chi connectivity index (χ0n) is 22.1. The highest BCUT2D eigenvalue weighted by molar-refractivity contribution is 6.09. The molecule has 0 unspecified atom stereocenters. The maximum atomic E-state index is 13.6. The average Bonchev–Trinajstić information content (AvgIpc) is 3.49. The first kappa shape index (κ1) is 25.9. The van der Waals surface area contributed by atoms with Gasteiger partial charge in [0.2, 0.25) is 0 Å². The van der Waals surface area contributed by atoms with E-state index in [4.69, 9.17) is 14.2 Å². The Morgan fingerprint density at radius 2 is 1.72 bits per heavy atom. The van der Waals surface area contributed by atoms with Gasteiger partial charge in [0.25, 0.3) is 5.91 Å². The van der Waals surface area contributed by atoms with Crippen LogP contribution in [0.1, 0.15) is 22.7 Å². The number of amides is 1. The third kappa shape index (κ3) is 4.93. The fourth-order valence-corrected chi connectivity index (χ4v) is 5.15. The van der Waals surface area contributed by atoms with Crippen molar-refractivity contribution in [3.8, 4) is 17.2 Å². The van der Waals surface area contributed by atoms with Gasteiger partial charge >= 0.3 is 0 Å². The van der Waals surface area contributed by atoms with Crippen LogP contribution in [0.5, 0.6) is 17.2 Å². The van der Waals surface area contributed by atoms with E-state index < -0.39 is 17.7 Å². The van der Waals surface area contributed by atoms with E-state index in [0.29, 0.717) is 23.5 Å². The number of carbonyl (C=O) groups excluding carboxylic acids is 2. The molecular weight excluding hydrogens is 496 g/mol. The Kier molecular flexibility index (Phi) is 7.27. The predicted molar refractivity (Wildman–Crippen MR) is 147 cm³/mol. The quantitative estimate of drug-likeness (QED) is 0.304. The number of methoxy groups -OCH3 is 3. The zero-order valence-corrected chi connectivity index (χ0v) is 22.1. The summed E-state index contributed by atoms with van der Waals surface area (Å²) < 4.78 is 16.3. The molecule has 4 aromatic rings. The number of nitrogens with one attached hydrogen (secondary N) is 1. The minimum Gasteiger partial charge on any atom is -0.503 e. The Bertz CT molecular complexity index is 1560. The van der Waals surface area contributed by atoms with Crippen molar-refractivity contribution >= 4 is 22.6 Å². The normalized spacial score (nSPS) is 15.2. The molecule has 1 atom stereocenters. The second-order valence-electron chi connectivity index (χ2n) is 9.34. The molecule has 0 aliphatic carbocycles. The first-order valence-corrected chi connectivity index (χ1v) is 12.6. The number of aliphatic hydroxyl groups excluding tert-OH is 1. The average molecular weight is 527 g/mol. The number of H-pyrrole nitrogens is 1. The van der Waals surface area contributed by atoms with Crippen LogP contribution in [0.25, 0.3) is 10.9 Å². The van der Waals surface area contributed by atoms with E-state index in [1.54, 1.807) is 37.3 Å². The molecule has 0 saturated carbocycles. The SMILES string of the molecule is COc1ccc2[nH]cc(CCN3C(=O)C(O)=C(C(=O)Cc4ccccc4)[C@@H]3c3ccc(OC)c(OC)c3)c2c1. The van der Waals surface area contributed by atoms with E-state index in [9.17, 15) is 14.7 Å². The summed E-state index contributed by atoms with van der Waals surface area (Å²) in [5.74, 6) is 0.311. The summed E-state index contributed by atoms with van der Waals surface area (Å²) in [6.45, 7) is 0.272. The van der Waals surface area contributed by atoms with Crippen LogP contribution in [0.4, 0.5) is 0 Å². The van der Waals surface area contributed by atoms with E-state index in [1.165, 1.54) is 7.11 Å². The summed E-state index contributed by atoms with van der Waals surface area (Å²) in [6.07, 6.45) is 2.47. The topological polar surface area (TPSA) is 101 Å². The fourth-order valence-electron chi connectivity index (χ4n) is 5.15. The molecule has 1 aromatic heterocycles. The van der Waals surface area contributed by atoms with Crippen LogP contribution in [0, 0.1) is 0 Å². The Morgan fingerprint density at radius 1 is 0.949 bits per heavy atom. The van der Waals surface area contributed by atoms with Gasteiger partial charge in [-0.25, -0.2) is 0 Å². The fraction of sp³-hybridized carbons (Fsp3) is 0.226. The molecule has 1 aliphatic rings. The van der Waals surface area contributed by atoms with Crippen LogP contribution in [0.15, 0.2) is 84.3 Å². The minimum absolute atomic E-state index is 0.0629. The molecular formula is C31H30N2O6. The Balaban J connectivity index is 1.51. The van der Waals surface area contributed by atoms with Gasteiger partial charge in [-0.1, -0.05) is 36.4 Å². The van der Waals surface area contributed by atoms with Crippen LogP contribution >= 0.6 is 0 Å². The number of benzene rings is 3. The number of ketones is 1. The van der Waals surface area contributed by atoms with Gasteiger partial charge in [0.15, 0.2) is 23.0 Å². The lowest BCUT2D eigenvalue weighted by Gasteiger charge is -2.27. The van der Waals surface area contributed by atoms with Gasteiger partial charge < -0.3 is 29.2 Å². The highest BCUT2D eigenvalue weighted by atomic mass is 16.5. The molecule has 1 amide bonds. The Hall–Kier alpha value is -4.72. The number of hydrogen-bond acceptors (Lipinski definition) is 6. The molecule has 5 rings (SSSR count). The van der Waals surface area contributed by atoms with E-state index in [-0.39, 0.29) is 24.3 Å². The van der Waals surface area contributed by atoms with Crippen molar-refractivity contribution in [2.75, 3.05) is 27.9 Å². The van der Waals surface area contributed by atoms with Gasteiger partial charge in [0.1, 0.15) is 5.75 Å². The molecule has 8 heteroatoms. The molecule has 0 saturated heterocycles. The minimum atomic E-state index is -0.784. The second-order valence-corrected chi connectivity index (χ2v) is 9.34. The first-order valence-electron chi connectivity index (χ1n) is 12.6. The Morgan fingerprint density at radius 3 is 2.44 bits per heavy atom. The first-order chi connectivity index (χ1) is 18.9. The van der Waals surface area contributed by atoms with Crippen molar-refractivity contribution in [3.63, 3.8) is 0 Å². The third-order valence-electron chi connectivity index (χ3n) is 7.13. The molecule has 0 radical (unpaired) electrons. The van der Waals surface area contributed by atoms with Gasteiger partial charge in [-0.15, -0.1) is 0 Å². The standard InChI is InChI=1S/C31H30N2O6/c1-37-22-10-11-24-23(17-22)21(18-32-24)13-14-33-29(20-9-12-26(38-2)27(16-20)39-3)28(30(35)31(33)36)25(34)15-19-7-5-4-6-8-19/h4-12,16-18,29,32,35H,13-15H2,1-3H3/t29-/m0/s1. The number of fused-ring (bicyclic) bond motifs is 1. The number of aliphatic hydroxyl groups is 1. The maximum absolute atomic E-state index is 13.6. The number of ether oxygens (including phenoxy) is 3. The van der Waals surface area contributed by atoms with Crippen molar-refractivity contribution in [2.24, 2.45) is 0 Å². The van der Waals surface area contributed by atoms with Crippen molar-refractivity contribution < 1.29 is 28.9 Å². The van der Waals surface area contributed by atoms with Crippen LogP contribution in [-0.2, 0) is 22.4 Å². The maximum Gasteiger partial charge on any atom is 0.290 e. The molecule has 0 fully saturated rings. The molecule has 8 nitrogen and oxygen atoms in total. The summed E-state index contributed by atoms with van der Waals surface area (Å²) in [6, 6.07) is 19.5. The van der Waals surface area contributed by atoms with Crippen molar-refractivity contribution in [2.45, 2.75) is 18.9 Å². The zero-order chi connectivity index (χ0) is 27.5. The van der Waals surface area contributed by atoms with Crippen LogP contribution in [0.3, 0.4) is 0 Å². The molecule has 3 aromatic carbocycles. The number of rotatable bonds is 10. The Labute approximate surface area is 226 Å². The molecule has 39 heavy (non-hydrogen) atoms. The van der Waals surface area contributed by atoms with E-state index in [0.717, 1.165) is 27.8 Å². The van der Waals surface area contributed by atoms with Gasteiger partial charge in [-0.3, -0.25) is 9.59 Å². The molecule has 2 N–H and O–H groups in total. The summed E-state index contributed by atoms with van der Waals surface area (Å²) in [7, 11) is 4.69. The summed E-state index contributed by atoms with van der Waals surface area (Å²) in [5.41, 5.74) is 3.47. The van der Waals surface area contributed by atoms with Crippen LogP contribution in [0.2, 0.25) is 0 Å². The van der Waals surface area contributed by atoms with E-state index in [1.807, 2.05) is 54.7 Å². The monoisotopic (exact) mass is 526 g/mol. The summed E-state index contributed by atoms with van der Waals surface area (Å²) in [5, 5.41) is 12.0. The van der Waals surface area contributed by atoms with Crippen molar-refractivity contribution in [3.05, 3.63) is 101 Å². The number of Topliss-reactive ketones (excluding diaryl/α,β-unsaturated/α-hetero) is 1. The number of aromatic nitrogens is 1. The van der Waals surface area contributed by atoms with Gasteiger partial charge in [-0.2, -0.15) is 0 Å². The third-order valence-corrected chi connectivity index (χ3v) is 7.13. The highest BCUT2D eigenvalue weighted by Gasteiger charge is 2.43. The molecule has 1 aliphatic heterocycles. The molecule has 2 heterocycles. The number of nitrogens with zero attached hydrogens (tertiary/aromatic N) is 1. The van der Waals surface area contributed by atoms with Gasteiger partial charge in [0.05, 0.1) is 32.9 Å².